The van der Waals surface area contributed by atoms with Crippen molar-refractivity contribution in [3.63, 3.8) is 0 Å². The van der Waals surface area contributed by atoms with Crippen molar-refractivity contribution in [2.24, 2.45) is 0 Å². The van der Waals surface area contributed by atoms with E-state index in [1.807, 2.05) is 42.5 Å². The van der Waals surface area contributed by atoms with Crippen molar-refractivity contribution in [3.05, 3.63) is 68.7 Å². The zero-order chi connectivity index (χ0) is 13.7. The third-order valence-electron chi connectivity index (χ3n) is 2.83. The van der Waals surface area contributed by atoms with Crippen LogP contribution in [0.25, 0.3) is 0 Å². The molecule has 0 fully saturated rings. The SMILES string of the molecule is OCc1cccc(CNCc2cc(Br)ccc2Cl)c1. The average molecular weight is 341 g/mol. The average Bonchev–Trinajstić information content (AvgIpc) is 2.43. The molecular formula is C15H15BrClNO. The Morgan fingerprint density at radius 1 is 1.05 bits per heavy atom. The van der Waals surface area contributed by atoms with Gasteiger partial charge in [0.25, 0.3) is 0 Å². The summed E-state index contributed by atoms with van der Waals surface area (Å²) in [5.74, 6) is 0. The van der Waals surface area contributed by atoms with E-state index >= 15 is 0 Å². The second-order valence-electron chi connectivity index (χ2n) is 4.32. The third-order valence-corrected chi connectivity index (χ3v) is 3.69. The maximum Gasteiger partial charge on any atom is 0.0681 e. The van der Waals surface area contributed by atoms with Gasteiger partial charge in [-0.15, -0.1) is 0 Å². The van der Waals surface area contributed by atoms with Crippen molar-refractivity contribution < 1.29 is 5.11 Å². The number of halogens is 2. The molecule has 2 N–H and O–H groups in total. The molecule has 0 atom stereocenters. The van der Waals surface area contributed by atoms with Crippen LogP contribution >= 0.6 is 27.5 Å². The fraction of sp³-hybridized carbons (Fsp3) is 0.200. The minimum Gasteiger partial charge on any atom is -0.392 e. The van der Waals surface area contributed by atoms with Gasteiger partial charge in [-0.3, -0.25) is 0 Å². The van der Waals surface area contributed by atoms with Crippen molar-refractivity contribution in [2.45, 2.75) is 19.7 Å². The molecule has 2 rings (SSSR count). The van der Waals surface area contributed by atoms with E-state index in [-0.39, 0.29) is 6.61 Å². The van der Waals surface area contributed by atoms with E-state index in [1.165, 1.54) is 0 Å². The number of nitrogens with one attached hydrogen (secondary N) is 1. The van der Waals surface area contributed by atoms with E-state index < -0.39 is 0 Å². The first kappa shape index (κ1) is 14.5. The largest absolute Gasteiger partial charge is 0.392 e. The van der Waals surface area contributed by atoms with Gasteiger partial charge in [-0.1, -0.05) is 51.8 Å². The van der Waals surface area contributed by atoms with E-state index in [1.54, 1.807) is 0 Å². The Balaban J connectivity index is 1.94. The van der Waals surface area contributed by atoms with Crippen molar-refractivity contribution in [2.75, 3.05) is 0 Å². The van der Waals surface area contributed by atoms with Crippen LogP contribution in [-0.4, -0.2) is 5.11 Å². The smallest absolute Gasteiger partial charge is 0.0681 e. The molecule has 0 unspecified atom stereocenters. The fourth-order valence-corrected chi connectivity index (χ4v) is 2.45. The van der Waals surface area contributed by atoms with Gasteiger partial charge in [0.1, 0.15) is 0 Å². The molecule has 2 nitrogen and oxygen atoms in total. The van der Waals surface area contributed by atoms with Gasteiger partial charge in [-0.2, -0.15) is 0 Å². The predicted molar refractivity (Wildman–Crippen MR) is 82.1 cm³/mol. The van der Waals surface area contributed by atoms with Gasteiger partial charge < -0.3 is 10.4 Å². The van der Waals surface area contributed by atoms with Crippen LogP contribution < -0.4 is 5.32 Å². The maximum atomic E-state index is 9.09. The molecule has 2 aromatic carbocycles. The molecule has 0 radical (unpaired) electrons. The monoisotopic (exact) mass is 339 g/mol. The molecule has 0 aromatic heterocycles. The summed E-state index contributed by atoms with van der Waals surface area (Å²) in [5, 5.41) is 13.2. The molecule has 0 heterocycles. The molecule has 0 saturated heterocycles. The summed E-state index contributed by atoms with van der Waals surface area (Å²) in [5.41, 5.74) is 3.15. The first-order valence-corrected chi connectivity index (χ1v) is 7.19. The predicted octanol–water partition coefficient (Wildman–Crippen LogP) is 3.88. The summed E-state index contributed by atoms with van der Waals surface area (Å²) in [6, 6.07) is 13.7. The van der Waals surface area contributed by atoms with Crippen LogP contribution in [0, 0.1) is 0 Å². The van der Waals surface area contributed by atoms with Crippen LogP contribution in [0.3, 0.4) is 0 Å². The van der Waals surface area contributed by atoms with Crippen LogP contribution in [0.15, 0.2) is 46.9 Å². The molecule has 0 bridgehead atoms. The number of aliphatic hydroxyl groups is 1. The topological polar surface area (TPSA) is 32.3 Å². The van der Waals surface area contributed by atoms with Crippen molar-refractivity contribution >= 4 is 27.5 Å². The number of rotatable bonds is 5. The standard InChI is InChI=1S/C15H15BrClNO/c16-14-4-5-15(17)13(7-14)9-18-8-11-2-1-3-12(6-11)10-19/h1-7,18-19H,8-10H2. The zero-order valence-electron chi connectivity index (χ0n) is 10.4. The lowest BCUT2D eigenvalue weighted by Gasteiger charge is -2.08. The normalized spacial score (nSPS) is 10.7. The molecule has 2 aromatic rings. The van der Waals surface area contributed by atoms with Crippen LogP contribution in [0.5, 0.6) is 0 Å². The van der Waals surface area contributed by atoms with Crippen molar-refractivity contribution in [3.8, 4) is 0 Å². The second-order valence-corrected chi connectivity index (χ2v) is 5.64. The van der Waals surface area contributed by atoms with Crippen LogP contribution in [0.2, 0.25) is 5.02 Å². The van der Waals surface area contributed by atoms with Crippen LogP contribution in [-0.2, 0) is 19.7 Å². The summed E-state index contributed by atoms with van der Waals surface area (Å²) < 4.78 is 1.02. The third kappa shape index (κ3) is 4.32. The molecule has 0 aliphatic carbocycles. The summed E-state index contributed by atoms with van der Waals surface area (Å²) in [7, 11) is 0. The Morgan fingerprint density at radius 3 is 2.63 bits per heavy atom. The minimum absolute atomic E-state index is 0.0747. The highest BCUT2D eigenvalue weighted by Gasteiger charge is 2.01. The Morgan fingerprint density at radius 2 is 1.84 bits per heavy atom. The molecule has 0 aliphatic rings. The Bertz CT molecular complexity index is 560. The van der Waals surface area contributed by atoms with E-state index in [4.69, 9.17) is 16.7 Å². The number of hydrogen-bond acceptors (Lipinski definition) is 2. The highest BCUT2D eigenvalue weighted by Crippen LogP contribution is 2.20. The van der Waals surface area contributed by atoms with Gasteiger partial charge in [-0.05, 0) is 34.9 Å². The first-order valence-electron chi connectivity index (χ1n) is 6.02. The van der Waals surface area contributed by atoms with Gasteiger partial charge in [0.05, 0.1) is 6.61 Å². The highest BCUT2D eigenvalue weighted by atomic mass is 79.9. The van der Waals surface area contributed by atoms with Crippen LogP contribution in [0.4, 0.5) is 0 Å². The molecular weight excluding hydrogens is 326 g/mol. The zero-order valence-corrected chi connectivity index (χ0v) is 12.7. The van der Waals surface area contributed by atoms with Gasteiger partial charge in [0, 0.05) is 22.6 Å². The lowest BCUT2D eigenvalue weighted by molar-refractivity contribution is 0.281. The van der Waals surface area contributed by atoms with Crippen molar-refractivity contribution in [1.29, 1.82) is 0 Å². The summed E-state index contributed by atoms with van der Waals surface area (Å²) in [6.07, 6.45) is 0. The fourth-order valence-electron chi connectivity index (χ4n) is 1.86. The molecule has 0 spiro atoms. The Labute approximate surface area is 126 Å². The number of benzene rings is 2. The number of aliphatic hydroxyl groups excluding tert-OH is 1. The minimum atomic E-state index is 0.0747. The summed E-state index contributed by atoms with van der Waals surface area (Å²) in [4.78, 5) is 0. The maximum absolute atomic E-state index is 9.09. The molecule has 0 saturated carbocycles. The molecule has 100 valence electrons. The number of hydrogen-bond donors (Lipinski definition) is 2. The van der Waals surface area contributed by atoms with Gasteiger partial charge in [0.15, 0.2) is 0 Å². The van der Waals surface area contributed by atoms with Gasteiger partial charge in [0.2, 0.25) is 0 Å². The summed E-state index contributed by atoms with van der Waals surface area (Å²) in [6.45, 7) is 1.53. The van der Waals surface area contributed by atoms with Crippen LogP contribution in [0.1, 0.15) is 16.7 Å². The quantitative estimate of drug-likeness (QED) is 0.865. The molecule has 19 heavy (non-hydrogen) atoms. The molecule has 4 heteroatoms. The first-order chi connectivity index (χ1) is 9.19. The van der Waals surface area contributed by atoms with E-state index in [2.05, 4.69) is 21.2 Å². The van der Waals surface area contributed by atoms with Gasteiger partial charge >= 0.3 is 0 Å². The van der Waals surface area contributed by atoms with Crippen molar-refractivity contribution in [1.82, 2.24) is 5.32 Å². The van der Waals surface area contributed by atoms with Gasteiger partial charge in [-0.25, -0.2) is 0 Å². The molecule has 0 amide bonds. The lowest BCUT2D eigenvalue weighted by atomic mass is 10.1. The van der Waals surface area contributed by atoms with E-state index in [0.717, 1.165) is 32.7 Å². The van der Waals surface area contributed by atoms with E-state index in [0.29, 0.717) is 6.54 Å². The second kappa shape index (κ2) is 7.06. The summed E-state index contributed by atoms with van der Waals surface area (Å²) >= 11 is 9.57. The van der Waals surface area contributed by atoms with E-state index in [9.17, 15) is 0 Å². The lowest BCUT2D eigenvalue weighted by Crippen LogP contribution is -2.13. The Hall–Kier alpha value is -0.870. The Kier molecular flexibility index (Phi) is 5.40. The highest BCUT2D eigenvalue weighted by molar-refractivity contribution is 9.10. The molecule has 0 aliphatic heterocycles.